The second kappa shape index (κ2) is 6.51. The van der Waals surface area contributed by atoms with Crippen LogP contribution in [0.1, 0.15) is 11.1 Å². The highest BCUT2D eigenvalue weighted by Gasteiger charge is 2.15. The van der Waals surface area contributed by atoms with Gasteiger partial charge in [-0.05, 0) is 49.2 Å². The van der Waals surface area contributed by atoms with Gasteiger partial charge < -0.3 is 10.1 Å². The van der Waals surface area contributed by atoms with E-state index in [9.17, 15) is 18.0 Å². The molecule has 1 N–H and O–H groups in total. The van der Waals surface area contributed by atoms with Gasteiger partial charge in [-0.2, -0.15) is 0 Å². The number of benzene rings is 2. The lowest BCUT2D eigenvalue weighted by molar-refractivity contribution is -0.118. The molecule has 0 aliphatic rings. The zero-order valence-corrected chi connectivity index (χ0v) is 12.0. The lowest BCUT2D eigenvalue weighted by Crippen LogP contribution is -2.21. The van der Waals surface area contributed by atoms with Crippen LogP contribution >= 0.6 is 0 Å². The Morgan fingerprint density at radius 2 is 1.68 bits per heavy atom. The largest absolute Gasteiger partial charge is 0.484 e. The predicted molar refractivity (Wildman–Crippen MR) is 76.4 cm³/mol. The number of halogens is 3. The van der Waals surface area contributed by atoms with Gasteiger partial charge in [0.1, 0.15) is 5.75 Å². The van der Waals surface area contributed by atoms with E-state index < -0.39 is 29.0 Å². The van der Waals surface area contributed by atoms with Gasteiger partial charge in [-0.25, -0.2) is 13.2 Å². The fraction of sp³-hybridized carbons (Fsp3) is 0.188. The van der Waals surface area contributed by atoms with Crippen molar-refractivity contribution in [3.63, 3.8) is 0 Å². The molecule has 116 valence electrons. The van der Waals surface area contributed by atoms with Crippen LogP contribution in [-0.4, -0.2) is 12.5 Å². The number of rotatable bonds is 4. The molecule has 0 radical (unpaired) electrons. The molecule has 6 heteroatoms. The van der Waals surface area contributed by atoms with Gasteiger partial charge in [0, 0.05) is 0 Å². The van der Waals surface area contributed by atoms with Crippen molar-refractivity contribution < 1.29 is 22.7 Å². The molecule has 0 aromatic heterocycles. The van der Waals surface area contributed by atoms with Gasteiger partial charge in [-0.15, -0.1) is 0 Å². The summed E-state index contributed by atoms with van der Waals surface area (Å²) >= 11 is 0. The summed E-state index contributed by atoms with van der Waals surface area (Å²) in [6.45, 7) is 3.40. The number of anilines is 1. The van der Waals surface area contributed by atoms with Crippen molar-refractivity contribution in [2.45, 2.75) is 13.8 Å². The van der Waals surface area contributed by atoms with Gasteiger partial charge in [0.15, 0.2) is 24.1 Å². The fourth-order valence-electron chi connectivity index (χ4n) is 1.97. The number of aryl methyl sites for hydroxylation is 2. The third-order valence-electron chi connectivity index (χ3n) is 2.87. The van der Waals surface area contributed by atoms with Crippen LogP contribution in [0.15, 0.2) is 30.3 Å². The first-order valence-electron chi connectivity index (χ1n) is 6.51. The minimum atomic E-state index is -1.63. The van der Waals surface area contributed by atoms with E-state index in [1.807, 2.05) is 19.9 Å². The average Bonchev–Trinajstić information content (AvgIpc) is 2.45. The van der Waals surface area contributed by atoms with Crippen LogP contribution < -0.4 is 10.1 Å². The summed E-state index contributed by atoms with van der Waals surface area (Å²) in [4.78, 5) is 11.7. The number of hydrogen-bond acceptors (Lipinski definition) is 2. The highest BCUT2D eigenvalue weighted by atomic mass is 19.2. The van der Waals surface area contributed by atoms with Crippen LogP contribution in [0.3, 0.4) is 0 Å². The van der Waals surface area contributed by atoms with Crippen LogP contribution in [0.5, 0.6) is 5.75 Å². The van der Waals surface area contributed by atoms with Crippen LogP contribution in [0, 0.1) is 31.3 Å². The molecule has 2 aromatic carbocycles. The molecule has 0 saturated heterocycles. The first kappa shape index (κ1) is 15.9. The molecule has 0 heterocycles. The van der Waals surface area contributed by atoms with Crippen LogP contribution in [0.4, 0.5) is 18.9 Å². The quantitative estimate of drug-likeness (QED) is 0.874. The lowest BCUT2D eigenvalue weighted by Gasteiger charge is -2.10. The van der Waals surface area contributed by atoms with Crippen molar-refractivity contribution in [3.05, 3.63) is 58.9 Å². The van der Waals surface area contributed by atoms with E-state index in [-0.39, 0.29) is 6.61 Å². The Balaban J connectivity index is 2.00. The molecule has 0 bridgehead atoms. The van der Waals surface area contributed by atoms with Crippen molar-refractivity contribution in [1.82, 2.24) is 0 Å². The Morgan fingerprint density at radius 1 is 1.05 bits per heavy atom. The summed E-state index contributed by atoms with van der Waals surface area (Å²) in [6.07, 6.45) is 0. The first-order chi connectivity index (χ1) is 10.4. The van der Waals surface area contributed by atoms with Crippen molar-refractivity contribution in [2.24, 2.45) is 0 Å². The average molecular weight is 309 g/mol. The number of ether oxygens (including phenoxy) is 1. The molecular formula is C16H14F3NO2. The monoisotopic (exact) mass is 309 g/mol. The number of carbonyl (C=O) groups is 1. The first-order valence-corrected chi connectivity index (χ1v) is 6.51. The Labute approximate surface area is 125 Å². The molecule has 22 heavy (non-hydrogen) atoms. The third-order valence-corrected chi connectivity index (χ3v) is 2.87. The minimum Gasteiger partial charge on any atom is -0.484 e. The maximum Gasteiger partial charge on any atom is 0.262 e. The molecule has 3 nitrogen and oxygen atoms in total. The number of nitrogens with one attached hydrogen (secondary N) is 1. The SMILES string of the molecule is Cc1cc(C)cc(OCC(=O)Nc2ccc(F)c(F)c2F)c1. The van der Waals surface area contributed by atoms with Crippen molar-refractivity contribution in [1.29, 1.82) is 0 Å². The summed E-state index contributed by atoms with van der Waals surface area (Å²) in [5.74, 6) is -4.57. The smallest absolute Gasteiger partial charge is 0.262 e. The lowest BCUT2D eigenvalue weighted by atomic mass is 10.1. The Bertz CT molecular complexity index is 697. The van der Waals surface area contributed by atoms with E-state index in [0.29, 0.717) is 5.75 Å². The van der Waals surface area contributed by atoms with Gasteiger partial charge in [0.25, 0.3) is 5.91 Å². The summed E-state index contributed by atoms with van der Waals surface area (Å²) in [6, 6.07) is 7.13. The molecule has 0 aliphatic heterocycles. The van der Waals surface area contributed by atoms with E-state index in [1.165, 1.54) is 0 Å². The maximum atomic E-state index is 13.4. The Kier molecular flexibility index (Phi) is 4.70. The number of hydrogen-bond donors (Lipinski definition) is 1. The van der Waals surface area contributed by atoms with Crippen molar-refractivity contribution >= 4 is 11.6 Å². The fourth-order valence-corrected chi connectivity index (χ4v) is 1.97. The van der Waals surface area contributed by atoms with Crippen molar-refractivity contribution in [2.75, 3.05) is 11.9 Å². The highest BCUT2D eigenvalue weighted by molar-refractivity contribution is 5.92. The van der Waals surface area contributed by atoms with E-state index in [0.717, 1.165) is 23.3 Å². The zero-order valence-electron chi connectivity index (χ0n) is 12.0. The Morgan fingerprint density at radius 3 is 2.32 bits per heavy atom. The van der Waals surface area contributed by atoms with E-state index in [2.05, 4.69) is 5.32 Å². The molecule has 0 spiro atoms. The third kappa shape index (κ3) is 3.78. The van der Waals surface area contributed by atoms with Gasteiger partial charge >= 0.3 is 0 Å². The summed E-state index contributed by atoms with van der Waals surface area (Å²) in [7, 11) is 0. The molecule has 0 fully saturated rings. The summed E-state index contributed by atoms with van der Waals surface area (Å²) < 4.78 is 44.6. The zero-order chi connectivity index (χ0) is 16.3. The van der Waals surface area contributed by atoms with Gasteiger partial charge in [0.2, 0.25) is 0 Å². The van der Waals surface area contributed by atoms with E-state index >= 15 is 0 Å². The maximum absolute atomic E-state index is 13.4. The van der Waals surface area contributed by atoms with Crippen LogP contribution in [0.2, 0.25) is 0 Å². The second-order valence-electron chi connectivity index (χ2n) is 4.88. The minimum absolute atomic E-state index is 0.374. The van der Waals surface area contributed by atoms with E-state index in [1.54, 1.807) is 12.1 Å². The number of amides is 1. The molecule has 2 aromatic rings. The van der Waals surface area contributed by atoms with Crippen LogP contribution in [-0.2, 0) is 4.79 Å². The van der Waals surface area contributed by atoms with Crippen LogP contribution in [0.25, 0.3) is 0 Å². The van der Waals surface area contributed by atoms with E-state index in [4.69, 9.17) is 4.74 Å². The normalized spacial score (nSPS) is 10.4. The molecule has 0 saturated carbocycles. The topological polar surface area (TPSA) is 38.3 Å². The molecule has 0 atom stereocenters. The summed E-state index contributed by atoms with van der Waals surface area (Å²) in [5.41, 5.74) is 1.51. The standard InChI is InChI=1S/C16H14F3NO2/c1-9-5-10(2)7-11(6-9)22-8-14(21)20-13-4-3-12(17)15(18)16(13)19/h3-7H,8H2,1-2H3,(H,20,21). The molecule has 0 aliphatic carbocycles. The predicted octanol–water partition coefficient (Wildman–Crippen LogP) is 3.74. The summed E-state index contributed by atoms with van der Waals surface area (Å²) in [5, 5.41) is 2.13. The molecule has 1 amide bonds. The molecule has 2 rings (SSSR count). The van der Waals surface area contributed by atoms with Gasteiger partial charge in [-0.1, -0.05) is 6.07 Å². The number of carbonyl (C=O) groups excluding carboxylic acids is 1. The molecule has 0 unspecified atom stereocenters. The highest BCUT2D eigenvalue weighted by Crippen LogP contribution is 2.20. The van der Waals surface area contributed by atoms with Crippen molar-refractivity contribution in [3.8, 4) is 5.75 Å². The van der Waals surface area contributed by atoms with Gasteiger partial charge in [0.05, 0.1) is 5.69 Å². The van der Waals surface area contributed by atoms with Gasteiger partial charge in [-0.3, -0.25) is 4.79 Å². The second-order valence-corrected chi connectivity index (χ2v) is 4.88. The molecular weight excluding hydrogens is 295 g/mol. The Hall–Kier alpha value is -2.50.